The van der Waals surface area contributed by atoms with E-state index in [1.165, 1.54) is 18.4 Å². The number of thiophene rings is 1. The Morgan fingerprint density at radius 3 is 2.48 bits per heavy atom. The Morgan fingerprint density at radius 2 is 1.78 bits per heavy atom. The average molecular weight is 391 g/mol. The molecular formula is C20H25NO5S. The molecule has 2 unspecified atom stereocenters. The fourth-order valence-electron chi connectivity index (χ4n) is 5.37. The van der Waals surface area contributed by atoms with Crippen molar-refractivity contribution in [2.75, 3.05) is 12.4 Å². The van der Waals surface area contributed by atoms with Gasteiger partial charge in [0.05, 0.1) is 24.5 Å². The lowest BCUT2D eigenvalue weighted by Crippen LogP contribution is -2.38. The summed E-state index contributed by atoms with van der Waals surface area (Å²) in [5.74, 6) is -2.43. The van der Waals surface area contributed by atoms with Crippen LogP contribution in [0, 0.1) is 23.7 Å². The molecule has 0 spiro atoms. The van der Waals surface area contributed by atoms with Crippen molar-refractivity contribution in [2.24, 2.45) is 23.7 Å². The van der Waals surface area contributed by atoms with Gasteiger partial charge in [0.15, 0.2) is 0 Å². The molecule has 27 heavy (non-hydrogen) atoms. The summed E-state index contributed by atoms with van der Waals surface area (Å²) < 4.78 is 4.98. The first-order valence-electron chi connectivity index (χ1n) is 9.77. The molecule has 1 amide bonds. The van der Waals surface area contributed by atoms with Gasteiger partial charge in [-0.15, -0.1) is 11.3 Å². The first-order chi connectivity index (χ1) is 13.0. The van der Waals surface area contributed by atoms with Crippen LogP contribution in [0.1, 0.15) is 59.3 Å². The van der Waals surface area contributed by atoms with E-state index in [1.54, 1.807) is 0 Å². The van der Waals surface area contributed by atoms with Gasteiger partial charge in [-0.2, -0.15) is 0 Å². The third kappa shape index (κ3) is 3.16. The third-order valence-corrected chi connectivity index (χ3v) is 7.76. The predicted molar refractivity (Wildman–Crippen MR) is 101 cm³/mol. The normalized spacial score (nSPS) is 29.1. The highest BCUT2D eigenvalue weighted by molar-refractivity contribution is 7.17. The molecule has 1 heterocycles. The summed E-state index contributed by atoms with van der Waals surface area (Å²) >= 11 is 1.46. The molecule has 1 aromatic rings. The zero-order valence-corrected chi connectivity index (χ0v) is 16.3. The molecule has 6 nitrogen and oxygen atoms in total. The number of ether oxygens (including phenoxy) is 1. The molecule has 2 bridgehead atoms. The molecule has 0 saturated heterocycles. The number of hydrogen-bond acceptors (Lipinski definition) is 5. The van der Waals surface area contributed by atoms with Crippen LogP contribution in [-0.4, -0.2) is 30.1 Å². The van der Waals surface area contributed by atoms with Gasteiger partial charge in [-0.1, -0.05) is 6.42 Å². The summed E-state index contributed by atoms with van der Waals surface area (Å²) in [6, 6.07) is 0. The summed E-state index contributed by atoms with van der Waals surface area (Å²) in [6.45, 7) is 0. The van der Waals surface area contributed by atoms with Gasteiger partial charge in [-0.3, -0.25) is 9.59 Å². The zero-order chi connectivity index (χ0) is 19.1. The van der Waals surface area contributed by atoms with Crippen molar-refractivity contribution in [3.63, 3.8) is 0 Å². The van der Waals surface area contributed by atoms with Crippen molar-refractivity contribution in [2.45, 2.75) is 51.4 Å². The zero-order valence-electron chi connectivity index (χ0n) is 15.5. The number of aliphatic carboxylic acids is 1. The van der Waals surface area contributed by atoms with Crippen molar-refractivity contribution in [1.29, 1.82) is 0 Å². The number of methoxy groups -OCH3 is 1. The maximum atomic E-state index is 13.0. The lowest BCUT2D eigenvalue weighted by atomic mass is 9.79. The van der Waals surface area contributed by atoms with Crippen molar-refractivity contribution in [1.82, 2.24) is 0 Å². The minimum absolute atomic E-state index is 0.100. The number of carboxylic acid groups (broad SMARTS) is 1. The molecule has 3 aliphatic rings. The van der Waals surface area contributed by atoms with Gasteiger partial charge in [0, 0.05) is 4.88 Å². The number of aryl methyl sites for hydroxylation is 1. The van der Waals surface area contributed by atoms with E-state index in [1.807, 2.05) is 0 Å². The molecule has 1 aromatic heterocycles. The van der Waals surface area contributed by atoms with E-state index >= 15 is 0 Å². The molecule has 4 atom stereocenters. The van der Waals surface area contributed by atoms with E-state index in [0.717, 1.165) is 61.8 Å². The Morgan fingerprint density at radius 1 is 1.07 bits per heavy atom. The van der Waals surface area contributed by atoms with Gasteiger partial charge >= 0.3 is 11.9 Å². The second kappa shape index (κ2) is 7.26. The van der Waals surface area contributed by atoms with E-state index < -0.39 is 23.8 Å². The molecule has 146 valence electrons. The van der Waals surface area contributed by atoms with Crippen LogP contribution in [0.4, 0.5) is 5.00 Å². The molecule has 4 rings (SSSR count). The summed E-state index contributed by atoms with van der Waals surface area (Å²) in [5.41, 5.74) is 1.48. The van der Waals surface area contributed by atoms with Crippen molar-refractivity contribution in [3.8, 4) is 0 Å². The number of hydrogen-bond donors (Lipinski definition) is 2. The third-order valence-electron chi connectivity index (χ3n) is 6.55. The summed E-state index contributed by atoms with van der Waals surface area (Å²) in [7, 11) is 1.35. The van der Waals surface area contributed by atoms with Crippen LogP contribution in [0.25, 0.3) is 0 Å². The highest BCUT2D eigenvalue weighted by atomic mass is 32.1. The fourth-order valence-corrected chi connectivity index (χ4v) is 6.65. The fraction of sp³-hybridized carbons (Fsp3) is 0.650. The first-order valence-corrected chi connectivity index (χ1v) is 10.6. The maximum Gasteiger partial charge on any atom is 0.341 e. The number of carbonyl (C=O) groups excluding carboxylic acids is 2. The topological polar surface area (TPSA) is 92.7 Å². The van der Waals surface area contributed by atoms with Gasteiger partial charge < -0.3 is 15.2 Å². The number of fused-ring (bicyclic) bond motifs is 3. The Kier molecular flexibility index (Phi) is 4.97. The molecule has 0 radical (unpaired) electrons. The Balaban J connectivity index is 1.63. The summed E-state index contributed by atoms with van der Waals surface area (Å²) in [5, 5.41) is 13.1. The van der Waals surface area contributed by atoms with Crippen LogP contribution in [-0.2, 0) is 27.2 Å². The number of anilines is 1. The van der Waals surface area contributed by atoms with E-state index in [-0.39, 0.29) is 17.7 Å². The molecule has 2 saturated carbocycles. The summed E-state index contributed by atoms with van der Waals surface area (Å²) in [6.07, 6.45) is 7.59. The first kappa shape index (κ1) is 18.5. The van der Waals surface area contributed by atoms with Gasteiger partial charge in [0.1, 0.15) is 5.00 Å². The van der Waals surface area contributed by atoms with E-state index in [9.17, 15) is 19.5 Å². The Bertz CT molecular complexity index is 786. The van der Waals surface area contributed by atoms with Gasteiger partial charge in [0.2, 0.25) is 5.91 Å². The van der Waals surface area contributed by atoms with Gasteiger partial charge in [0.25, 0.3) is 0 Å². The molecule has 0 aromatic carbocycles. The van der Waals surface area contributed by atoms with Crippen LogP contribution in [0.3, 0.4) is 0 Å². The standard InChI is InChI=1S/C20H25NO5S/c1-26-20(25)16-12-5-3-2-4-6-13(12)27-18(16)21-17(22)14-10-7-8-11(9-10)15(14)19(23)24/h10-11,14-15H,2-9H2,1H3,(H,21,22)(H,23,24)/t10?,11?,14-,15+/m0/s1. The van der Waals surface area contributed by atoms with Crippen LogP contribution in [0.2, 0.25) is 0 Å². The van der Waals surface area contributed by atoms with Gasteiger partial charge in [-0.25, -0.2) is 4.79 Å². The molecular weight excluding hydrogens is 366 g/mol. The summed E-state index contributed by atoms with van der Waals surface area (Å²) in [4.78, 5) is 38.3. The van der Waals surface area contributed by atoms with Crippen LogP contribution >= 0.6 is 11.3 Å². The molecule has 2 fully saturated rings. The minimum Gasteiger partial charge on any atom is -0.481 e. The largest absolute Gasteiger partial charge is 0.481 e. The minimum atomic E-state index is -0.877. The molecule has 7 heteroatoms. The number of rotatable bonds is 4. The number of carboxylic acids is 1. The number of esters is 1. The van der Waals surface area contributed by atoms with Crippen LogP contribution in [0.5, 0.6) is 0 Å². The van der Waals surface area contributed by atoms with Crippen LogP contribution < -0.4 is 5.32 Å². The number of carbonyl (C=O) groups is 3. The molecule has 3 aliphatic carbocycles. The smallest absolute Gasteiger partial charge is 0.341 e. The lowest BCUT2D eigenvalue weighted by Gasteiger charge is -2.26. The number of amides is 1. The second-order valence-electron chi connectivity index (χ2n) is 7.97. The van der Waals surface area contributed by atoms with Crippen molar-refractivity contribution < 1.29 is 24.2 Å². The highest BCUT2D eigenvalue weighted by Crippen LogP contribution is 2.53. The van der Waals surface area contributed by atoms with Crippen LogP contribution in [0.15, 0.2) is 0 Å². The molecule has 0 aliphatic heterocycles. The highest BCUT2D eigenvalue weighted by Gasteiger charge is 2.54. The van der Waals surface area contributed by atoms with Gasteiger partial charge in [-0.05, 0) is 62.3 Å². The monoisotopic (exact) mass is 391 g/mol. The van der Waals surface area contributed by atoms with E-state index in [0.29, 0.717) is 10.6 Å². The SMILES string of the molecule is COC(=O)c1c(NC(=O)[C@H]2C3CCC(C3)[C@H]2C(=O)O)sc2c1CCCCC2. The maximum absolute atomic E-state index is 13.0. The second-order valence-corrected chi connectivity index (χ2v) is 9.08. The average Bonchev–Trinajstić information content (AvgIpc) is 3.30. The molecule has 2 N–H and O–H groups in total. The Labute approximate surface area is 162 Å². The van der Waals surface area contributed by atoms with Crippen molar-refractivity contribution in [3.05, 3.63) is 16.0 Å². The van der Waals surface area contributed by atoms with Crippen molar-refractivity contribution >= 4 is 34.2 Å². The predicted octanol–water partition coefficient (Wildman–Crippen LogP) is 3.49. The Hall–Kier alpha value is -1.89. The quantitative estimate of drug-likeness (QED) is 0.605. The van der Waals surface area contributed by atoms with E-state index in [2.05, 4.69) is 5.32 Å². The number of nitrogens with one attached hydrogen (secondary N) is 1. The van der Waals surface area contributed by atoms with E-state index in [4.69, 9.17) is 4.74 Å². The lowest BCUT2D eigenvalue weighted by molar-refractivity contribution is -0.148.